The molecule has 0 amide bonds. The fourth-order valence-electron chi connectivity index (χ4n) is 3.12. The van der Waals surface area contributed by atoms with Crippen LogP contribution in [0.1, 0.15) is 39.5 Å². The third-order valence-electron chi connectivity index (χ3n) is 3.90. The Bertz CT molecular complexity index is 599. The smallest absolute Gasteiger partial charge is 0.105 e. The number of aliphatic hydroxyl groups excluding tert-OH is 1. The monoisotopic (exact) mass is 238 g/mol. The molecule has 1 nitrogen and oxygen atoms in total. The summed E-state index contributed by atoms with van der Waals surface area (Å²) in [6, 6.07) is 12.6. The topological polar surface area (TPSA) is 20.2 Å². The minimum atomic E-state index is -0.473. The summed E-state index contributed by atoms with van der Waals surface area (Å²) in [6.07, 6.45) is 1.56. The second kappa shape index (κ2) is 4.25. The molecule has 0 radical (unpaired) electrons. The molecule has 1 heteroatoms. The van der Waals surface area contributed by atoms with E-state index in [9.17, 15) is 5.11 Å². The van der Waals surface area contributed by atoms with Crippen molar-refractivity contribution in [3.8, 4) is 0 Å². The number of fused-ring (bicyclic) bond motifs is 2. The molecule has 0 aliphatic heterocycles. The van der Waals surface area contributed by atoms with Crippen molar-refractivity contribution in [2.45, 2.75) is 32.8 Å². The van der Waals surface area contributed by atoms with Crippen LogP contribution in [-0.2, 0) is 12.8 Å². The first-order valence-corrected chi connectivity index (χ1v) is 6.52. The molecule has 3 rings (SSSR count). The molecule has 0 saturated carbocycles. The lowest BCUT2D eigenvalue weighted by Crippen LogP contribution is -2.05. The Morgan fingerprint density at radius 1 is 1.00 bits per heavy atom. The second-order valence-corrected chi connectivity index (χ2v) is 5.26. The van der Waals surface area contributed by atoms with Gasteiger partial charge in [-0.1, -0.05) is 42.0 Å². The Morgan fingerprint density at radius 2 is 1.72 bits per heavy atom. The summed E-state index contributed by atoms with van der Waals surface area (Å²) in [5.74, 6) is 0. The lowest BCUT2D eigenvalue weighted by atomic mass is 9.92. The molecule has 0 saturated heterocycles. The number of aliphatic hydroxyl groups is 1. The van der Waals surface area contributed by atoms with E-state index in [0.29, 0.717) is 0 Å². The third-order valence-corrected chi connectivity index (χ3v) is 3.90. The van der Waals surface area contributed by atoms with Crippen molar-refractivity contribution >= 4 is 0 Å². The van der Waals surface area contributed by atoms with Crippen molar-refractivity contribution in [1.29, 1.82) is 0 Å². The number of hydrogen-bond donors (Lipinski definition) is 1. The molecule has 92 valence electrons. The summed E-state index contributed by atoms with van der Waals surface area (Å²) in [6.45, 7) is 4.22. The van der Waals surface area contributed by atoms with E-state index in [4.69, 9.17) is 0 Å². The van der Waals surface area contributed by atoms with Gasteiger partial charge in [0.15, 0.2) is 0 Å². The van der Waals surface area contributed by atoms with Crippen LogP contribution in [0.25, 0.3) is 0 Å². The SMILES string of the molecule is Cc1cc(C)c2c(c1)CCc1ccccc1C2O. The molecular weight excluding hydrogens is 220 g/mol. The highest BCUT2D eigenvalue weighted by molar-refractivity contribution is 5.47. The van der Waals surface area contributed by atoms with E-state index in [2.05, 4.69) is 38.1 Å². The van der Waals surface area contributed by atoms with E-state index in [0.717, 1.165) is 24.0 Å². The predicted octanol–water partition coefficient (Wildman–Crippen LogP) is 3.48. The zero-order valence-corrected chi connectivity index (χ0v) is 10.9. The number of rotatable bonds is 0. The van der Waals surface area contributed by atoms with E-state index in [-0.39, 0.29) is 0 Å². The van der Waals surface area contributed by atoms with Gasteiger partial charge in [0.25, 0.3) is 0 Å². The molecule has 2 aromatic rings. The van der Waals surface area contributed by atoms with Gasteiger partial charge < -0.3 is 5.11 Å². The van der Waals surface area contributed by atoms with Crippen LogP contribution < -0.4 is 0 Å². The van der Waals surface area contributed by atoms with E-state index in [1.165, 1.54) is 22.3 Å². The molecule has 0 bridgehead atoms. The van der Waals surface area contributed by atoms with Gasteiger partial charge in [-0.3, -0.25) is 0 Å². The van der Waals surface area contributed by atoms with Crippen LogP contribution in [0.15, 0.2) is 36.4 Å². The first-order valence-electron chi connectivity index (χ1n) is 6.52. The molecule has 1 aliphatic rings. The van der Waals surface area contributed by atoms with E-state index in [1.54, 1.807) is 0 Å². The zero-order valence-electron chi connectivity index (χ0n) is 10.9. The van der Waals surface area contributed by atoms with Crippen LogP contribution in [0.2, 0.25) is 0 Å². The average molecular weight is 238 g/mol. The number of aryl methyl sites for hydroxylation is 4. The minimum Gasteiger partial charge on any atom is -0.384 e. The molecule has 1 unspecified atom stereocenters. The Kier molecular flexibility index (Phi) is 2.71. The maximum atomic E-state index is 10.7. The summed E-state index contributed by atoms with van der Waals surface area (Å²) in [5, 5.41) is 10.7. The zero-order chi connectivity index (χ0) is 12.7. The summed E-state index contributed by atoms with van der Waals surface area (Å²) >= 11 is 0. The van der Waals surface area contributed by atoms with Gasteiger partial charge in [0.1, 0.15) is 6.10 Å². The largest absolute Gasteiger partial charge is 0.384 e. The lowest BCUT2D eigenvalue weighted by molar-refractivity contribution is 0.219. The van der Waals surface area contributed by atoms with Crippen molar-refractivity contribution in [2.24, 2.45) is 0 Å². The summed E-state index contributed by atoms with van der Waals surface area (Å²) in [7, 11) is 0. The summed E-state index contributed by atoms with van der Waals surface area (Å²) in [4.78, 5) is 0. The van der Waals surface area contributed by atoms with Crippen molar-refractivity contribution in [3.63, 3.8) is 0 Å². The van der Waals surface area contributed by atoms with E-state index in [1.807, 2.05) is 12.1 Å². The Balaban J connectivity index is 2.22. The van der Waals surface area contributed by atoms with Gasteiger partial charge in [0.05, 0.1) is 0 Å². The van der Waals surface area contributed by atoms with Crippen LogP contribution in [-0.4, -0.2) is 5.11 Å². The highest BCUT2D eigenvalue weighted by Crippen LogP contribution is 2.34. The molecule has 0 aromatic heterocycles. The molecule has 1 atom stereocenters. The van der Waals surface area contributed by atoms with Crippen LogP contribution in [0.5, 0.6) is 0 Å². The molecule has 0 heterocycles. The molecule has 18 heavy (non-hydrogen) atoms. The first kappa shape index (κ1) is 11.5. The van der Waals surface area contributed by atoms with Gasteiger partial charge in [-0.25, -0.2) is 0 Å². The third kappa shape index (κ3) is 1.75. The van der Waals surface area contributed by atoms with Gasteiger partial charge in [0, 0.05) is 0 Å². The number of benzene rings is 2. The number of hydrogen-bond acceptors (Lipinski definition) is 1. The van der Waals surface area contributed by atoms with Crippen molar-refractivity contribution in [3.05, 3.63) is 69.8 Å². The second-order valence-electron chi connectivity index (χ2n) is 5.26. The van der Waals surface area contributed by atoms with Gasteiger partial charge in [0.2, 0.25) is 0 Å². The molecule has 0 fully saturated rings. The van der Waals surface area contributed by atoms with Crippen molar-refractivity contribution < 1.29 is 5.11 Å². The molecule has 2 aromatic carbocycles. The van der Waals surface area contributed by atoms with Gasteiger partial charge in [-0.2, -0.15) is 0 Å². The Hall–Kier alpha value is -1.60. The maximum absolute atomic E-state index is 10.7. The van der Waals surface area contributed by atoms with Gasteiger partial charge in [-0.05, 0) is 54.5 Å². The standard InChI is InChI=1S/C17H18O/c1-11-9-12(2)16-14(10-11)8-7-13-5-3-4-6-15(13)17(16)18/h3-6,9-10,17-18H,7-8H2,1-2H3. The summed E-state index contributed by atoms with van der Waals surface area (Å²) < 4.78 is 0. The molecule has 0 spiro atoms. The van der Waals surface area contributed by atoms with Crippen LogP contribution in [0.3, 0.4) is 0 Å². The van der Waals surface area contributed by atoms with Crippen molar-refractivity contribution in [2.75, 3.05) is 0 Å². The van der Waals surface area contributed by atoms with E-state index < -0.39 is 6.10 Å². The highest BCUT2D eigenvalue weighted by Gasteiger charge is 2.22. The Morgan fingerprint density at radius 3 is 2.56 bits per heavy atom. The van der Waals surface area contributed by atoms with Gasteiger partial charge in [-0.15, -0.1) is 0 Å². The Labute approximate surface area is 108 Å². The minimum absolute atomic E-state index is 0.473. The van der Waals surface area contributed by atoms with Crippen LogP contribution in [0, 0.1) is 13.8 Å². The highest BCUT2D eigenvalue weighted by atomic mass is 16.3. The van der Waals surface area contributed by atoms with Gasteiger partial charge >= 0.3 is 0 Å². The van der Waals surface area contributed by atoms with Crippen molar-refractivity contribution in [1.82, 2.24) is 0 Å². The maximum Gasteiger partial charge on any atom is 0.105 e. The molecule has 1 N–H and O–H groups in total. The fraction of sp³-hybridized carbons (Fsp3) is 0.294. The molecule has 1 aliphatic carbocycles. The van der Waals surface area contributed by atoms with Crippen LogP contribution >= 0.6 is 0 Å². The average Bonchev–Trinajstić information content (AvgIpc) is 2.48. The lowest BCUT2D eigenvalue weighted by Gasteiger charge is -2.17. The summed E-state index contributed by atoms with van der Waals surface area (Å²) in [5.41, 5.74) is 7.25. The predicted molar refractivity (Wildman–Crippen MR) is 73.8 cm³/mol. The van der Waals surface area contributed by atoms with E-state index >= 15 is 0 Å². The fourth-order valence-corrected chi connectivity index (χ4v) is 3.12. The normalized spacial score (nSPS) is 17.8. The van der Waals surface area contributed by atoms with Crippen LogP contribution in [0.4, 0.5) is 0 Å². The quantitative estimate of drug-likeness (QED) is 0.745. The molecular formula is C17H18O. The first-order chi connectivity index (χ1) is 8.66.